The third-order valence-corrected chi connectivity index (χ3v) is 4.49. The van der Waals surface area contributed by atoms with Crippen LogP contribution in [0, 0.1) is 12.8 Å². The van der Waals surface area contributed by atoms with Crippen molar-refractivity contribution in [2.45, 2.75) is 20.8 Å². The van der Waals surface area contributed by atoms with Crippen LogP contribution in [0.4, 0.5) is 0 Å². The molecule has 2 aromatic rings. The largest absolute Gasteiger partial charge is 0.872 e. The highest BCUT2D eigenvalue weighted by Gasteiger charge is 2.09. The summed E-state index contributed by atoms with van der Waals surface area (Å²) >= 11 is 0. The summed E-state index contributed by atoms with van der Waals surface area (Å²) in [6, 6.07) is 11.9. The minimum Gasteiger partial charge on any atom is -0.872 e. The van der Waals surface area contributed by atoms with Gasteiger partial charge in [-0.3, -0.25) is 4.79 Å². The molecule has 0 spiro atoms. The van der Waals surface area contributed by atoms with E-state index in [1.807, 2.05) is 25.1 Å². The van der Waals surface area contributed by atoms with E-state index in [-0.39, 0.29) is 19.9 Å². The number of ether oxygens (including phenoxy) is 1. The summed E-state index contributed by atoms with van der Waals surface area (Å²) in [5.74, 6) is 1.23. The van der Waals surface area contributed by atoms with Crippen LogP contribution in [0.1, 0.15) is 29.8 Å². The standard InChI is InChI=1S/C18H21O3P/c1-12(2)11-21-16-8-9-17(13(3)10-16)22-18(20)14-4-6-15(19)7-5-14/h4-10,12,19,22H,11H2,1-3H3/p-1. The molecule has 0 aliphatic heterocycles. The molecule has 0 fully saturated rings. The highest BCUT2D eigenvalue weighted by atomic mass is 31.1. The van der Waals surface area contributed by atoms with Crippen molar-refractivity contribution < 1.29 is 14.6 Å². The SMILES string of the molecule is Cc1cc(OCC(C)C)ccc1PC(=O)c1ccc([O-])cc1. The van der Waals surface area contributed by atoms with Crippen molar-refractivity contribution in [2.24, 2.45) is 5.92 Å². The van der Waals surface area contributed by atoms with E-state index >= 15 is 0 Å². The molecule has 0 aliphatic carbocycles. The fourth-order valence-corrected chi connectivity index (χ4v) is 2.92. The molecule has 0 saturated heterocycles. The number of hydrogen-bond donors (Lipinski definition) is 0. The predicted molar refractivity (Wildman–Crippen MR) is 89.7 cm³/mol. The predicted octanol–water partition coefficient (Wildman–Crippen LogP) is 3.25. The lowest BCUT2D eigenvalue weighted by molar-refractivity contribution is -0.268. The van der Waals surface area contributed by atoms with Crippen molar-refractivity contribution in [2.75, 3.05) is 6.61 Å². The second-order valence-electron chi connectivity index (χ2n) is 5.66. The third kappa shape index (κ3) is 4.57. The first-order valence-corrected chi connectivity index (χ1v) is 8.27. The van der Waals surface area contributed by atoms with Crippen LogP contribution >= 0.6 is 8.58 Å². The van der Waals surface area contributed by atoms with Crippen LogP contribution in [0.3, 0.4) is 0 Å². The summed E-state index contributed by atoms with van der Waals surface area (Å²) in [6.07, 6.45) is 0. The lowest BCUT2D eigenvalue weighted by atomic mass is 10.2. The minimum atomic E-state index is -0.0808. The first kappa shape index (κ1) is 16.5. The van der Waals surface area contributed by atoms with Crippen LogP contribution in [-0.4, -0.2) is 12.1 Å². The second kappa shape index (κ2) is 7.42. The molecule has 22 heavy (non-hydrogen) atoms. The van der Waals surface area contributed by atoms with Gasteiger partial charge in [-0.05, 0) is 44.4 Å². The smallest absolute Gasteiger partial charge is 0.185 e. The van der Waals surface area contributed by atoms with E-state index in [2.05, 4.69) is 13.8 Å². The van der Waals surface area contributed by atoms with Crippen LogP contribution in [0.2, 0.25) is 0 Å². The number of carbonyl (C=O) groups is 1. The van der Waals surface area contributed by atoms with Gasteiger partial charge in [-0.25, -0.2) is 0 Å². The quantitative estimate of drug-likeness (QED) is 0.769. The Balaban J connectivity index is 2.06. The van der Waals surface area contributed by atoms with Crippen LogP contribution in [0.25, 0.3) is 0 Å². The topological polar surface area (TPSA) is 49.4 Å². The molecular weight excluding hydrogens is 295 g/mol. The van der Waals surface area contributed by atoms with Crippen molar-refractivity contribution in [3.63, 3.8) is 0 Å². The van der Waals surface area contributed by atoms with Crippen LogP contribution in [0.15, 0.2) is 42.5 Å². The van der Waals surface area contributed by atoms with Gasteiger partial charge < -0.3 is 9.84 Å². The average molecular weight is 315 g/mol. The Hall–Kier alpha value is -1.86. The molecule has 0 radical (unpaired) electrons. The van der Waals surface area contributed by atoms with Crippen molar-refractivity contribution >= 4 is 19.4 Å². The van der Waals surface area contributed by atoms with E-state index in [4.69, 9.17) is 4.74 Å². The molecule has 0 bridgehead atoms. The van der Waals surface area contributed by atoms with Crippen LogP contribution in [-0.2, 0) is 0 Å². The van der Waals surface area contributed by atoms with E-state index in [9.17, 15) is 9.90 Å². The molecule has 0 amide bonds. The zero-order valence-electron chi connectivity index (χ0n) is 13.1. The summed E-state index contributed by atoms with van der Waals surface area (Å²) in [5.41, 5.74) is 1.67. The monoisotopic (exact) mass is 315 g/mol. The molecule has 116 valence electrons. The van der Waals surface area contributed by atoms with Crippen LogP contribution in [0.5, 0.6) is 11.5 Å². The van der Waals surface area contributed by atoms with Gasteiger partial charge in [-0.2, -0.15) is 0 Å². The maximum atomic E-state index is 12.3. The van der Waals surface area contributed by atoms with Gasteiger partial charge in [0.2, 0.25) is 0 Å². The third-order valence-electron chi connectivity index (χ3n) is 3.15. The van der Waals surface area contributed by atoms with Gasteiger partial charge in [0.25, 0.3) is 0 Å². The van der Waals surface area contributed by atoms with Crippen LogP contribution < -0.4 is 15.1 Å². The first-order chi connectivity index (χ1) is 10.5. The Morgan fingerprint density at radius 2 is 1.86 bits per heavy atom. The first-order valence-electron chi connectivity index (χ1n) is 7.27. The van der Waals surface area contributed by atoms with E-state index < -0.39 is 0 Å². The molecule has 2 aromatic carbocycles. The summed E-state index contributed by atoms with van der Waals surface area (Å²) in [4.78, 5) is 12.3. The Labute approximate surface area is 133 Å². The molecule has 0 N–H and O–H groups in total. The lowest BCUT2D eigenvalue weighted by Gasteiger charge is -2.12. The second-order valence-corrected chi connectivity index (χ2v) is 6.90. The minimum absolute atomic E-state index is 0.0407. The van der Waals surface area contributed by atoms with Gasteiger partial charge in [0.15, 0.2) is 5.52 Å². The van der Waals surface area contributed by atoms with Crippen molar-refractivity contribution in [3.05, 3.63) is 53.6 Å². The van der Waals surface area contributed by atoms with E-state index in [0.717, 1.165) is 16.6 Å². The average Bonchev–Trinajstić information content (AvgIpc) is 2.48. The summed E-state index contributed by atoms with van der Waals surface area (Å²) in [7, 11) is 0.0486. The van der Waals surface area contributed by atoms with E-state index in [1.165, 1.54) is 12.1 Å². The maximum absolute atomic E-state index is 12.3. The van der Waals surface area contributed by atoms with Crippen molar-refractivity contribution in [1.29, 1.82) is 0 Å². The molecule has 1 unspecified atom stereocenters. The summed E-state index contributed by atoms with van der Waals surface area (Å²) in [6.45, 7) is 6.88. The molecule has 0 aliphatic rings. The summed E-state index contributed by atoms with van der Waals surface area (Å²) < 4.78 is 5.69. The fraction of sp³-hybridized carbons (Fsp3) is 0.278. The highest BCUT2D eigenvalue weighted by Crippen LogP contribution is 2.23. The number of rotatable bonds is 6. The zero-order chi connectivity index (χ0) is 16.1. The molecule has 0 heterocycles. The molecular formula is C18H20O3P-. The molecule has 0 saturated carbocycles. The van der Waals surface area contributed by atoms with Gasteiger partial charge in [0.05, 0.1) is 6.61 Å². The fourth-order valence-electron chi connectivity index (χ4n) is 1.93. The van der Waals surface area contributed by atoms with Gasteiger partial charge in [-0.15, -0.1) is 5.75 Å². The normalized spacial score (nSPS) is 11.3. The molecule has 4 heteroatoms. The van der Waals surface area contributed by atoms with Gasteiger partial charge in [-0.1, -0.05) is 44.2 Å². The van der Waals surface area contributed by atoms with Gasteiger partial charge in [0, 0.05) is 5.56 Å². The lowest BCUT2D eigenvalue weighted by Crippen LogP contribution is -2.08. The molecule has 3 nitrogen and oxygen atoms in total. The van der Waals surface area contributed by atoms with Crippen molar-refractivity contribution in [1.82, 2.24) is 0 Å². The number of carbonyl (C=O) groups excluding carboxylic acids is 1. The van der Waals surface area contributed by atoms with Gasteiger partial charge in [0.1, 0.15) is 5.75 Å². The number of hydrogen-bond acceptors (Lipinski definition) is 3. The van der Waals surface area contributed by atoms with Gasteiger partial charge >= 0.3 is 0 Å². The Morgan fingerprint density at radius 3 is 2.45 bits per heavy atom. The highest BCUT2D eigenvalue weighted by molar-refractivity contribution is 7.66. The molecule has 2 rings (SSSR count). The number of benzene rings is 2. The zero-order valence-corrected chi connectivity index (χ0v) is 14.1. The number of aryl methyl sites for hydroxylation is 1. The maximum Gasteiger partial charge on any atom is 0.185 e. The Morgan fingerprint density at radius 1 is 1.18 bits per heavy atom. The van der Waals surface area contributed by atoms with Crippen molar-refractivity contribution in [3.8, 4) is 11.5 Å². The summed E-state index contributed by atoms with van der Waals surface area (Å²) in [5, 5.41) is 12.1. The van der Waals surface area contributed by atoms with E-state index in [0.29, 0.717) is 18.1 Å². The Bertz CT molecular complexity index is 648. The van der Waals surface area contributed by atoms with E-state index in [1.54, 1.807) is 12.1 Å². The molecule has 1 atom stereocenters. The Kier molecular flexibility index (Phi) is 5.57. The molecule has 0 aromatic heterocycles.